The SMILES string of the molecule is CCOC(=O)N1CCN(C(=O)C(C)NS(=O)(=O)c2ccccc2)CC1. The van der Waals surface area contributed by atoms with Crippen LogP contribution >= 0.6 is 0 Å². The summed E-state index contributed by atoms with van der Waals surface area (Å²) < 4.78 is 31.9. The van der Waals surface area contributed by atoms with Gasteiger partial charge in [0.15, 0.2) is 0 Å². The van der Waals surface area contributed by atoms with E-state index in [1.165, 1.54) is 24.0 Å². The zero-order valence-electron chi connectivity index (χ0n) is 14.3. The summed E-state index contributed by atoms with van der Waals surface area (Å²) in [5.41, 5.74) is 0. The summed E-state index contributed by atoms with van der Waals surface area (Å²) >= 11 is 0. The molecule has 1 heterocycles. The van der Waals surface area contributed by atoms with Crippen LogP contribution in [0.25, 0.3) is 0 Å². The summed E-state index contributed by atoms with van der Waals surface area (Å²) in [6.45, 7) is 4.96. The normalized spacial score (nSPS) is 16.4. The predicted molar refractivity (Wildman–Crippen MR) is 91.4 cm³/mol. The van der Waals surface area contributed by atoms with E-state index in [9.17, 15) is 18.0 Å². The highest BCUT2D eigenvalue weighted by atomic mass is 32.2. The van der Waals surface area contributed by atoms with Crippen LogP contribution in [0.1, 0.15) is 13.8 Å². The molecule has 0 bridgehead atoms. The van der Waals surface area contributed by atoms with Crippen LogP contribution in [0.3, 0.4) is 0 Å². The molecule has 0 aliphatic carbocycles. The number of hydrogen-bond donors (Lipinski definition) is 1. The molecule has 1 unspecified atom stereocenters. The van der Waals surface area contributed by atoms with Crippen molar-refractivity contribution < 1.29 is 22.7 Å². The first-order valence-electron chi connectivity index (χ1n) is 8.13. The number of rotatable bonds is 5. The number of carbonyl (C=O) groups is 2. The Bertz CT molecular complexity index is 700. The molecule has 1 aromatic carbocycles. The van der Waals surface area contributed by atoms with Gasteiger partial charge < -0.3 is 14.5 Å². The number of hydrogen-bond acceptors (Lipinski definition) is 5. The van der Waals surface area contributed by atoms with Gasteiger partial charge in [-0.2, -0.15) is 4.72 Å². The van der Waals surface area contributed by atoms with Crippen molar-refractivity contribution in [2.75, 3.05) is 32.8 Å². The molecule has 8 nitrogen and oxygen atoms in total. The van der Waals surface area contributed by atoms with Gasteiger partial charge >= 0.3 is 6.09 Å². The number of amides is 2. The molecule has 0 aromatic heterocycles. The van der Waals surface area contributed by atoms with E-state index in [-0.39, 0.29) is 10.8 Å². The number of carbonyl (C=O) groups excluding carboxylic acids is 2. The van der Waals surface area contributed by atoms with E-state index in [0.29, 0.717) is 32.8 Å². The second kappa shape index (κ2) is 8.30. The molecule has 9 heteroatoms. The lowest BCUT2D eigenvalue weighted by Gasteiger charge is -2.35. The van der Waals surface area contributed by atoms with Crippen molar-refractivity contribution in [2.24, 2.45) is 0 Å². The highest BCUT2D eigenvalue weighted by Gasteiger charge is 2.29. The van der Waals surface area contributed by atoms with Crippen LogP contribution in [0.2, 0.25) is 0 Å². The van der Waals surface area contributed by atoms with Crippen LogP contribution in [0.5, 0.6) is 0 Å². The van der Waals surface area contributed by atoms with Crippen molar-refractivity contribution >= 4 is 22.0 Å². The predicted octanol–water partition coefficient (Wildman–Crippen LogP) is 0.654. The topological polar surface area (TPSA) is 96.0 Å². The summed E-state index contributed by atoms with van der Waals surface area (Å²) in [7, 11) is -3.76. The summed E-state index contributed by atoms with van der Waals surface area (Å²) in [5.74, 6) is -0.317. The second-order valence-electron chi connectivity index (χ2n) is 5.67. The summed E-state index contributed by atoms with van der Waals surface area (Å²) in [4.78, 5) is 27.3. The number of ether oxygens (including phenoxy) is 1. The molecule has 2 rings (SSSR count). The van der Waals surface area contributed by atoms with E-state index in [2.05, 4.69) is 4.72 Å². The standard InChI is InChI=1S/C16H23N3O5S/c1-3-24-16(21)19-11-9-18(10-12-19)15(20)13(2)17-25(22,23)14-7-5-4-6-8-14/h4-8,13,17H,3,9-12H2,1-2H3. The highest BCUT2D eigenvalue weighted by Crippen LogP contribution is 2.10. The zero-order chi connectivity index (χ0) is 18.4. The molecule has 25 heavy (non-hydrogen) atoms. The van der Waals surface area contributed by atoms with E-state index in [4.69, 9.17) is 4.74 Å². The van der Waals surface area contributed by atoms with Crippen LogP contribution in [-0.4, -0.2) is 69.0 Å². The summed E-state index contributed by atoms with van der Waals surface area (Å²) in [6.07, 6.45) is -0.396. The lowest BCUT2D eigenvalue weighted by Crippen LogP contribution is -2.55. The molecule has 1 aliphatic rings. The van der Waals surface area contributed by atoms with Gasteiger partial charge in [-0.3, -0.25) is 4.79 Å². The molecular weight excluding hydrogens is 346 g/mol. The molecule has 0 saturated carbocycles. The summed E-state index contributed by atoms with van der Waals surface area (Å²) in [6, 6.07) is 7.01. The van der Waals surface area contributed by atoms with Gasteiger partial charge in [0.25, 0.3) is 0 Å². The van der Waals surface area contributed by atoms with Crippen LogP contribution < -0.4 is 4.72 Å². The maximum atomic E-state index is 12.5. The summed E-state index contributed by atoms with van der Waals surface area (Å²) in [5, 5.41) is 0. The fourth-order valence-corrected chi connectivity index (χ4v) is 3.77. The van der Waals surface area contributed by atoms with Gasteiger partial charge in [-0.25, -0.2) is 13.2 Å². The lowest BCUT2D eigenvalue weighted by atomic mass is 10.2. The number of benzene rings is 1. The minimum Gasteiger partial charge on any atom is -0.450 e. The Morgan fingerprint density at radius 3 is 2.24 bits per heavy atom. The van der Waals surface area contributed by atoms with E-state index >= 15 is 0 Å². The number of piperazine rings is 1. The van der Waals surface area contributed by atoms with Gasteiger partial charge in [-0.15, -0.1) is 0 Å². The first-order chi connectivity index (χ1) is 11.8. The average Bonchev–Trinajstić information content (AvgIpc) is 2.62. The molecule has 1 atom stereocenters. The van der Waals surface area contributed by atoms with Crippen molar-refractivity contribution in [1.29, 1.82) is 0 Å². The minimum atomic E-state index is -3.76. The Morgan fingerprint density at radius 2 is 1.68 bits per heavy atom. The average molecular weight is 369 g/mol. The smallest absolute Gasteiger partial charge is 0.409 e. The van der Waals surface area contributed by atoms with Gasteiger partial charge in [0, 0.05) is 26.2 Å². The van der Waals surface area contributed by atoms with E-state index < -0.39 is 22.2 Å². The molecule has 1 saturated heterocycles. The van der Waals surface area contributed by atoms with Gasteiger partial charge in [-0.05, 0) is 26.0 Å². The van der Waals surface area contributed by atoms with E-state index in [1.807, 2.05) is 0 Å². The third kappa shape index (κ3) is 4.93. The molecule has 0 spiro atoms. The Morgan fingerprint density at radius 1 is 1.12 bits per heavy atom. The Balaban J connectivity index is 1.92. The maximum Gasteiger partial charge on any atom is 0.409 e. The van der Waals surface area contributed by atoms with Gasteiger partial charge in [0.2, 0.25) is 15.9 Å². The third-order valence-electron chi connectivity index (χ3n) is 3.87. The number of sulfonamides is 1. The van der Waals surface area contributed by atoms with Crippen molar-refractivity contribution in [3.8, 4) is 0 Å². The van der Waals surface area contributed by atoms with E-state index in [1.54, 1.807) is 30.0 Å². The molecule has 138 valence electrons. The van der Waals surface area contributed by atoms with Crippen molar-refractivity contribution in [3.05, 3.63) is 30.3 Å². The number of nitrogens with zero attached hydrogens (tertiary/aromatic N) is 2. The van der Waals surface area contributed by atoms with Gasteiger partial charge in [0.05, 0.1) is 17.5 Å². The van der Waals surface area contributed by atoms with Gasteiger partial charge in [-0.1, -0.05) is 18.2 Å². The Hall–Kier alpha value is -2.13. The van der Waals surface area contributed by atoms with Gasteiger partial charge in [0.1, 0.15) is 0 Å². The van der Waals surface area contributed by atoms with Crippen LogP contribution in [0.4, 0.5) is 4.79 Å². The van der Waals surface area contributed by atoms with Crippen LogP contribution in [0.15, 0.2) is 35.2 Å². The number of nitrogens with one attached hydrogen (secondary N) is 1. The molecule has 1 N–H and O–H groups in total. The monoisotopic (exact) mass is 369 g/mol. The molecule has 2 amide bonds. The highest BCUT2D eigenvalue weighted by molar-refractivity contribution is 7.89. The largest absolute Gasteiger partial charge is 0.450 e. The minimum absolute atomic E-state index is 0.113. The quantitative estimate of drug-likeness (QED) is 0.822. The second-order valence-corrected chi connectivity index (χ2v) is 7.38. The van der Waals surface area contributed by atoms with Crippen molar-refractivity contribution in [1.82, 2.24) is 14.5 Å². The molecule has 1 aliphatic heterocycles. The first kappa shape index (κ1) is 19.2. The van der Waals surface area contributed by atoms with Crippen LogP contribution in [-0.2, 0) is 19.6 Å². The fourth-order valence-electron chi connectivity index (χ4n) is 2.55. The molecule has 0 radical (unpaired) electrons. The third-order valence-corrected chi connectivity index (χ3v) is 5.43. The zero-order valence-corrected chi connectivity index (χ0v) is 15.2. The van der Waals surface area contributed by atoms with E-state index in [0.717, 1.165) is 0 Å². The molecule has 1 fully saturated rings. The molecule has 1 aromatic rings. The van der Waals surface area contributed by atoms with Crippen LogP contribution in [0, 0.1) is 0 Å². The van der Waals surface area contributed by atoms with Crippen molar-refractivity contribution in [2.45, 2.75) is 24.8 Å². The Labute approximate surface area is 147 Å². The first-order valence-corrected chi connectivity index (χ1v) is 9.61. The fraction of sp³-hybridized carbons (Fsp3) is 0.500. The maximum absolute atomic E-state index is 12.5. The Kier molecular flexibility index (Phi) is 6.38. The molecular formula is C16H23N3O5S. The lowest BCUT2D eigenvalue weighted by molar-refractivity contribution is -0.134. The van der Waals surface area contributed by atoms with Crippen molar-refractivity contribution in [3.63, 3.8) is 0 Å².